The second-order valence-electron chi connectivity index (χ2n) is 1.44. The predicted octanol–water partition coefficient (Wildman–Crippen LogP) is 0.182. The summed E-state index contributed by atoms with van der Waals surface area (Å²) < 4.78 is 4.32. The van der Waals surface area contributed by atoms with Crippen LogP contribution in [0.15, 0.2) is 24.0 Å². The molecule has 3 nitrogen and oxygen atoms in total. The molecule has 0 aliphatic carbocycles. The number of aldehydes is 1. The Morgan fingerprint density at radius 2 is 2.00 bits per heavy atom. The molecule has 0 radical (unpaired) electrons. The van der Waals surface area contributed by atoms with E-state index in [1.54, 1.807) is 0 Å². The van der Waals surface area contributed by atoms with Gasteiger partial charge in [-0.05, 0) is 12.2 Å². The van der Waals surface area contributed by atoms with Crippen LogP contribution in [0.1, 0.15) is 0 Å². The van der Waals surface area contributed by atoms with Gasteiger partial charge in [0.2, 0.25) is 5.76 Å². The number of epoxide rings is 1. The molecule has 3 heteroatoms. The highest BCUT2D eigenvalue weighted by Crippen LogP contribution is 2.16. The predicted molar refractivity (Wildman–Crippen MR) is 29.4 cm³/mol. The first-order valence-electron chi connectivity index (χ1n) is 2.39. The van der Waals surface area contributed by atoms with E-state index in [1.165, 1.54) is 18.2 Å². The topological polar surface area (TPSA) is 46.7 Å². The molecule has 1 rings (SSSR count). The van der Waals surface area contributed by atoms with E-state index in [2.05, 4.69) is 4.74 Å². The van der Waals surface area contributed by atoms with Crippen molar-refractivity contribution < 1.29 is 14.3 Å². The molecule has 0 N–H and O–H groups in total. The molecule has 1 aliphatic rings. The fourth-order valence-corrected chi connectivity index (χ4v) is 0.365. The number of rotatable bonds is 2. The first-order chi connectivity index (χ1) is 4.34. The van der Waals surface area contributed by atoms with Crippen LogP contribution in [-0.2, 0) is 14.3 Å². The number of hydrogen-bond acceptors (Lipinski definition) is 3. The average Bonchev–Trinajstić information content (AvgIpc) is 2.48. The number of carbonyl (C=O) groups is 2. The van der Waals surface area contributed by atoms with Gasteiger partial charge in [-0.3, -0.25) is 4.79 Å². The van der Waals surface area contributed by atoms with E-state index in [4.69, 9.17) is 0 Å². The number of cyclic esters (lactones) is 1. The summed E-state index contributed by atoms with van der Waals surface area (Å²) in [5.41, 5.74) is 0. The lowest BCUT2D eigenvalue weighted by atomic mass is 10.4. The van der Waals surface area contributed by atoms with E-state index in [0.29, 0.717) is 12.0 Å². The summed E-state index contributed by atoms with van der Waals surface area (Å²) in [6.45, 7) is 0. The van der Waals surface area contributed by atoms with Gasteiger partial charge in [0.05, 0.1) is 0 Å². The van der Waals surface area contributed by atoms with Gasteiger partial charge in [0, 0.05) is 0 Å². The first kappa shape index (κ1) is 5.75. The van der Waals surface area contributed by atoms with Crippen molar-refractivity contribution in [2.24, 2.45) is 0 Å². The van der Waals surface area contributed by atoms with Gasteiger partial charge in [-0.15, -0.1) is 0 Å². The zero-order chi connectivity index (χ0) is 6.69. The van der Waals surface area contributed by atoms with E-state index >= 15 is 0 Å². The van der Waals surface area contributed by atoms with E-state index in [9.17, 15) is 9.59 Å². The third-order valence-corrected chi connectivity index (χ3v) is 0.799. The molecule has 46 valence electrons. The van der Waals surface area contributed by atoms with Crippen LogP contribution in [0, 0.1) is 0 Å². The maximum Gasteiger partial charge on any atom is 0.380 e. The molecule has 0 saturated carbocycles. The zero-order valence-corrected chi connectivity index (χ0v) is 4.53. The Hall–Kier alpha value is -1.38. The normalized spacial score (nSPS) is 20.4. The Bertz CT molecular complexity index is 200. The van der Waals surface area contributed by atoms with Gasteiger partial charge in [0.15, 0.2) is 0 Å². The molecule has 0 aromatic carbocycles. The van der Waals surface area contributed by atoms with Crippen LogP contribution in [0.25, 0.3) is 0 Å². The fourth-order valence-electron chi connectivity index (χ4n) is 0.365. The summed E-state index contributed by atoms with van der Waals surface area (Å²) >= 11 is 0. The van der Waals surface area contributed by atoms with Crippen molar-refractivity contribution in [1.29, 1.82) is 0 Å². The van der Waals surface area contributed by atoms with Crippen molar-refractivity contribution in [2.45, 2.75) is 0 Å². The number of hydrogen-bond donors (Lipinski definition) is 0. The molecular weight excluding hydrogens is 120 g/mol. The van der Waals surface area contributed by atoms with Crippen LogP contribution < -0.4 is 0 Å². The molecule has 9 heavy (non-hydrogen) atoms. The quantitative estimate of drug-likeness (QED) is 0.299. The molecular formula is C6H4O3. The van der Waals surface area contributed by atoms with Gasteiger partial charge in [-0.1, -0.05) is 6.08 Å². The molecule has 0 bridgehead atoms. The standard InChI is InChI=1S/C6H4O3/c7-4-2-1-3-5-6(8)9-5/h1-4H/b2-1+,5-3-. The maximum atomic E-state index is 10.1. The van der Waals surface area contributed by atoms with Crippen molar-refractivity contribution in [3.8, 4) is 0 Å². The maximum absolute atomic E-state index is 10.1. The summed E-state index contributed by atoms with van der Waals surface area (Å²) in [7, 11) is 0. The van der Waals surface area contributed by atoms with Crippen LogP contribution in [-0.4, -0.2) is 12.3 Å². The Balaban J connectivity index is 2.42. The monoisotopic (exact) mass is 124 g/mol. The SMILES string of the molecule is O=C/C=C/C=C1\OC1=O. The Labute approximate surface area is 51.6 Å². The number of carbonyl (C=O) groups excluding carboxylic acids is 2. The van der Waals surface area contributed by atoms with Crippen molar-refractivity contribution in [2.75, 3.05) is 0 Å². The lowest BCUT2D eigenvalue weighted by Crippen LogP contribution is -1.58. The number of allylic oxidation sites excluding steroid dienone is 3. The minimum absolute atomic E-state index is 0.313. The first-order valence-corrected chi connectivity index (χ1v) is 2.39. The van der Waals surface area contributed by atoms with Gasteiger partial charge in [0.25, 0.3) is 0 Å². The molecule has 0 aromatic rings. The van der Waals surface area contributed by atoms with E-state index < -0.39 is 0 Å². The van der Waals surface area contributed by atoms with Crippen LogP contribution in [0.5, 0.6) is 0 Å². The van der Waals surface area contributed by atoms with Crippen molar-refractivity contribution >= 4 is 12.3 Å². The molecule has 0 amide bonds. The fraction of sp³-hybridized carbons (Fsp3) is 0. The van der Waals surface area contributed by atoms with Gasteiger partial charge < -0.3 is 4.74 Å². The lowest BCUT2D eigenvalue weighted by molar-refractivity contribution is -0.117. The molecule has 0 atom stereocenters. The lowest BCUT2D eigenvalue weighted by Gasteiger charge is -1.60. The summed E-state index contributed by atoms with van der Waals surface area (Å²) in [5, 5.41) is 0. The Morgan fingerprint density at radius 1 is 1.33 bits per heavy atom. The van der Waals surface area contributed by atoms with Gasteiger partial charge >= 0.3 is 5.97 Å². The van der Waals surface area contributed by atoms with Gasteiger partial charge in [-0.2, -0.15) is 0 Å². The molecule has 0 unspecified atom stereocenters. The average molecular weight is 124 g/mol. The summed E-state index contributed by atoms with van der Waals surface area (Å²) in [4.78, 5) is 19.7. The molecule has 1 fully saturated rings. The summed E-state index contributed by atoms with van der Waals surface area (Å²) in [5.74, 6) is -0.00125. The molecule has 1 aliphatic heterocycles. The minimum atomic E-state index is -0.314. The van der Waals surface area contributed by atoms with E-state index in [0.717, 1.165) is 0 Å². The molecule has 0 spiro atoms. The molecule has 1 saturated heterocycles. The van der Waals surface area contributed by atoms with E-state index in [1.807, 2.05) is 0 Å². The number of ether oxygens (including phenoxy) is 1. The summed E-state index contributed by atoms with van der Waals surface area (Å²) in [6.07, 6.45) is 4.80. The zero-order valence-electron chi connectivity index (χ0n) is 4.53. The largest absolute Gasteiger partial charge is 0.413 e. The summed E-state index contributed by atoms with van der Waals surface area (Å²) in [6, 6.07) is 0. The highest BCUT2D eigenvalue weighted by atomic mass is 16.6. The van der Waals surface area contributed by atoms with Crippen molar-refractivity contribution in [1.82, 2.24) is 0 Å². The smallest absolute Gasteiger partial charge is 0.380 e. The highest BCUT2D eigenvalue weighted by molar-refractivity contribution is 6.00. The minimum Gasteiger partial charge on any atom is -0.413 e. The highest BCUT2D eigenvalue weighted by Gasteiger charge is 2.28. The molecule has 0 aromatic heterocycles. The Kier molecular flexibility index (Phi) is 1.44. The second-order valence-corrected chi connectivity index (χ2v) is 1.44. The van der Waals surface area contributed by atoms with Gasteiger partial charge in [-0.25, -0.2) is 4.79 Å². The van der Waals surface area contributed by atoms with E-state index in [-0.39, 0.29) is 5.97 Å². The van der Waals surface area contributed by atoms with Crippen LogP contribution in [0.2, 0.25) is 0 Å². The van der Waals surface area contributed by atoms with Crippen LogP contribution in [0.4, 0.5) is 0 Å². The van der Waals surface area contributed by atoms with Crippen molar-refractivity contribution in [3.63, 3.8) is 0 Å². The van der Waals surface area contributed by atoms with Gasteiger partial charge in [0.1, 0.15) is 6.29 Å². The van der Waals surface area contributed by atoms with Crippen molar-refractivity contribution in [3.05, 3.63) is 24.0 Å². The Morgan fingerprint density at radius 3 is 2.44 bits per heavy atom. The second kappa shape index (κ2) is 2.26. The van der Waals surface area contributed by atoms with Crippen LogP contribution in [0.3, 0.4) is 0 Å². The third kappa shape index (κ3) is 1.53. The van der Waals surface area contributed by atoms with Crippen LogP contribution >= 0.6 is 0 Å². The third-order valence-electron chi connectivity index (χ3n) is 0.799. The molecule has 1 heterocycles.